The van der Waals surface area contributed by atoms with E-state index in [1.807, 2.05) is 13.0 Å². The summed E-state index contributed by atoms with van der Waals surface area (Å²) in [6.45, 7) is 3.62. The van der Waals surface area contributed by atoms with Crippen molar-refractivity contribution in [1.82, 2.24) is 0 Å². The molecule has 1 N–H and O–H groups in total. The predicted octanol–water partition coefficient (Wildman–Crippen LogP) is 1.54. The first-order valence-corrected chi connectivity index (χ1v) is 5.23. The van der Waals surface area contributed by atoms with Gasteiger partial charge in [-0.25, -0.2) is 0 Å². The summed E-state index contributed by atoms with van der Waals surface area (Å²) in [4.78, 5) is 0. The third-order valence-corrected chi connectivity index (χ3v) is 3.26. The lowest BCUT2D eigenvalue weighted by Crippen LogP contribution is -2.22. The first-order valence-electron chi connectivity index (χ1n) is 3.72. The van der Waals surface area contributed by atoms with Gasteiger partial charge in [0.25, 0.3) is 10.1 Å². The summed E-state index contributed by atoms with van der Waals surface area (Å²) in [7, 11) is -3.91. The molecule has 0 heterocycles. The SMILES string of the molecule is CC1=CCC(S(=O)(=O)O)C(C)=C1. The highest BCUT2D eigenvalue weighted by Gasteiger charge is 2.25. The summed E-state index contributed by atoms with van der Waals surface area (Å²) >= 11 is 0. The maximum Gasteiger partial charge on any atom is 0.271 e. The predicted molar refractivity (Wildman–Crippen MR) is 47.5 cm³/mol. The highest BCUT2D eigenvalue weighted by molar-refractivity contribution is 7.86. The Morgan fingerprint density at radius 1 is 1.50 bits per heavy atom. The van der Waals surface area contributed by atoms with E-state index in [1.54, 1.807) is 13.0 Å². The Hall–Kier alpha value is -0.610. The molecule has 1 unspecified atom stereocenters. The van der Waals surface area contributed by atoms with E-state index in [1.165, 1.54) is 0 Å². The Kier molecular flexibility index (Phi) is 2.39. The highest BCUT2D eigenvalue weighted by Crippen LogP contribution is 2.22. The Bertz CT molecular complexity index is 335. The summed E-state index contributed by atoms with van der Waals surface area (Å²) in [6, 6.07) is 0. The molecule has 0 spiro atoms. The van der Waals surface area contributed by atoms with Crippen LogP contribution in [0.2, 0.25) is 0 Å². The van der Waals surface area contributed by atoms with Crippen LogP contribution >= 0.6 is 0 Å². The minimum atomic E-state index is -3.91. The lowest BCUT2D eigenvalue weighted by atomic mass is 10.0. The summed E-state index contributed by atoms with van der Waals surface area (Å²) < 4.78 is 30.4. The standard InChI is InChI=1S/C8H12O3S/c1-6-3-4-8(7(2)5-6)12(9,10)11/h3,5,8H,4H2,1-2H3,(H,9,10,11). The molecule has 0 aromatic heterocycles. The van der Waals surface area contributed by atoms with Gasteiger partial charge in [0, 0.05) is 0 Å². The minimum absolute atomic E-state index is 0.382. The van der Waals surface area contributed by atoms with E-state index in [9.17, 15) is 8.42 Å². The van der Waals surface area contributed by atoms with Gasteiger partial charge in [-0.2, -0.15) is 8.42 Å². The van der Waals surface area contributed by atoms with Crippen molar-refractivity contribution < 1.29 is 13.0 Å². The molecule has 0 aromatic carbocycles. The Morgan fingerprint density at radius 3 is 2.50 bits per heavy atom. The molecule has 4 heteroatoms. The van der Waals surface area contributed by atoms with Gasteiger partial charge >= 0.3 is 0 Å². The molecule has 3 nitrogen and oxygen atoms in total. The lowest BCUT2D eigenvalue weighted by molar-refractivity contribution is 0.472. The minimum Gasteiger partial charge on any atom is -0.285 e. The van der Waals surface area contributed by atoms with Crippen LogP contribution in [-0.4, -0.2) is 18.2 Å². The highest BCUT2D eigenvalue weighted by atomic mass is 32.2. The van der Waals surface area contributed by atoms with Crippen molar-refractivity contribution in [3.05, 3.63) is 23.3 Å². The van der Waals surface area contributed by atoms with Crippen LogP contribution in [0, 0.1) is 0 Å². The molecule has 12 heavy (non-hydrogen) atoms. The molecule has 1 atom stereocenters. The number of hydrogen-bond donors (Lipinski definition) is 1. The molecule has 0 amide bonds. The smallest absolute Gasteiger partial charge is 0.271 e. The van der Waals surface area contributed by atoms with Gasteiger partial charge in [-0.05, 0) is 20.3 Å². The molecule has 0 fully saturated rings. The van der Waals surface area contributed by atoms with Crippen LogP contribution < -0.4 is 0 Å². The van der Waals surface area contributed by atoms with Crippen LogP contribution in [0.3, 0.4) is 0 Å². The fourth-order valence-electron chi connectivity index (χ4n) is 1.35. The largest absolute Gasteiger partial charge is 0.285 e. The zero-order valence-corrected chi connectivity index (χ0v) is 7.93. The second kappa shape index (κ2) is 3.03. The van der Waals surface area contributed by atoms with E-state index in [2.05, 4.69) is 0 Å². The zero-order valence-electron chi connectivity index (χ0n) is 7.11. The van der Waals surface area contributed by atoms with Crippen molar-refractivity contribution in [2.75, 3.05) is 0 Å². The molecule has 68 valence electrons. The van der Waals surface area contributed by atoms with Crippen LogP contribution in [0.1, 0.15) is 20.3 Å². The average Bonchev–Trinajstić information content (AvgIpc) is 1.83. The second-order valence-electron chi connectivity index (χ2n) is 3.08. The molecule has 0 saturated heterocycles. The first kappa shape index (κ1) is 9.48. The van der Waals surface area contributed by atoms with Crippen molar-refractivity contribution in [2.45, 2.75) is 25.5 Å². The molecule has 0 aromatic rings. The van der Waals surface area contributed by atoms with Gasteiger partial charge in [0.05, 0.1) is 0 Å². The molecule has 0 bridgehead atoms. The summed E-state index contributed by atoms with van der Waals surface area (Å²) in [5.41, 5.74) is 1.75. The van der Waals surface area contributed by atoms with Gasteiger partial charge in [0.1, 0.15) is 5.25 Å². The van der Waals surface area contributed by atoms with Crippen molar-refractivity contribution >= 4 is 10.1 Å². The zero-order chi connectivity index (χ0) is 9.35. The number of allylic oxidation sites excluding steroid dienone is 3. The summed E-state index contributed by atoms with van der Waals surface area (Å²) in [5.74, 6) is 0. The van der Waals surface area contributed by atoms with Crippen molar-refractivity contribution in [3.8, 4) is 0 Å². The fourth-order valence-corrected chi connectivity index (χ4v) is 2.22. The normalized spacial score (nSPS) is 24.8. The molecule has 1 aliphatic rings. The average molecular weight is 188 g/mol. The Labute approximate surface area is 72.5 Å². The summed E-state index contributed by atoms with van der Waals surface area (Å²) in [5, 5.41) is -0.735. The van der Waals surface area contributed by atoms with Gasteiger partial charge in [-0.3, -0.25) is 4.55 Å². The monoisotopic (exact) mass is 188 g/mol. The maximum atomic E-state index is 10.8. The first-order chi connectivity index (χ1) is 5.41. The van der Waals surface area contributed by atoms with E-state index in [-0.39, 0.29) is 0 Å². The van der Waals surface area contributed by atoms with E-state index in [0.717, 1.165) is 5.57 Å². The quantitative estimate of drug-likeness (QED) is 0.635. The van der Waals surface area contributed by atoms with E-state index >= 15 is 0 Å². The molecule has 0 radical (unpaired) electrons. The third-order valence-electron chi connectivity index (χ3n) is 1.98. The third kappa shape index (κ3) is 1.95. The summed E-state index contributed by atoms with van der Waals surface area (Å²) in [6.07, 6.45) is 3.97. The topological polar surface area (TPSA) is 54.4 Å². The van der Waals surface area contributed by atoms with Gasteiger partial charge in [-0.1, -0.05) is 23.3 Å². The molecule has 0 saturated carbocycles. The van der Waals surface area contributed by atoms with E-state index < -0.39 is 15.4 Å². The van der Waals surface area contributed by atoms with Crippen LogP contribution in [0.25, 0.3) is 0 Å². The van der Waals surface area contributed by atoms with E-state index in [0.29, 0.717) is 12.0 Å². The van der Waals surface area contributed by atoms with Gasteiger partial charge in [-0.15, -0.1) is 0 Å². The van der Waals surface area contributed by atoms with Crippen LogP contribution in [-0.2, 0) is 10.1 Å². The van der Waals surface area contributed by atoms with Gasteiger partial charge in [0.2, 0.25) is 0 Å². The van der Waals surface area contributed by atoms with E-state index in [4.69, 9.17) is 4.55 Å². The Morgan fingerprint density at radius 2 is 2.08 bits per heavy atom. The molecular weight excluding hydrogens is 176 g/mol. The maximum absolute atomic E-state index is 10.8. The lowest BCUT2D eigenvalue weighted by Gasteiger charge is -2.16. The van der Waals surface area contributed by atoms with Crippen molar-refractivity contribution in [2.24, 2.45) is 0 Å². The Balaban J connectivity index is 2.97. The van der Waals surface area contributed by atoms with Crippen molar-refractivity contribution in [3.63, 3.8) is 0 Å². The fraction of sp³-hybridized carbons (Fsp3) is 0.500. The van der Waals surface area contributed by atoms with Gasteiger partial charge < -0.3 is 0 Å². The van der Waals surface area contributed by atoms with Crippen LogP contribution in [0.4, 0.5) is 0 Å². The van der Waals surface area contributed by atoms with Crippen LogP contribution in [0.5, 0.6) is 0 Å². The molecular formula is C8H12O3S. The second-order valence-corrected chi connectivity index (χ2v) is 4.67. The molecule has 1 aliphatic carbocycles. The van der Waals surface area contributed by atoms with Crippen molar-refractivity contribution in [1.29, 1.82) is 0 Å². The molecule has 1 rings (SSSR count). The van der Waals surface area contributed by atoms with Crippen LogP contribution in [0.15, 0.2) is 23.3 Å². The number of hydrogen-bond acceptors (Lipinski definition) is 2. The number of rotatable bonds is 1. The van der Waals surface area contributed by atoms with Gasteiger partial charge in [0.15, 0.2) is 0 Å². The molecule has 0 aliphatic heterocycles.